The summed E-state index contributed by atoms with van der Waals surface area (Å²) in [5.74, 6) is 1.05. The van der Waals surface area contributed by atoms with Crippen LogP contribution in [0.1, 0.15) is 30.2 Å². The van der Waals surface area contributed by atoms with Gasteiger partial charge >= 0.3 is 0 Å². The maximum Gasteiger partial charge on any atom is 0.223 e. The zero-order valence-corrected chi connectivity index (χ0v) is 11.1. The monoisotopic (exact) mass is 265 g/mol. The Bertz CT molecular complexity index is 557. The predicted molar refractivity (Wildman–Crippen MR) is 67.2 cm³/mol. The first-order chi connectivity index (χ1) is 9.10. The predicted octanol–water partition coefficient (Wildman–Crippen LogP) is 2.38. The van der Waals surface area contributed by atoms with Crippen LogP contribution in [0, 0.1) is 12.7 Å². The molecule has 0 spiro atoms. The lowest BCUT2D eigenvalue weighted by Gasteiger charge is -2.12. The highest BCUT2D eigenvalue weighted by atomic mass is 19.1. The fraction of sp³-hybridized carbons (Fsp3) is 0.385. The molecule has 1 unspecified atom stereocenters. The number of ether oxygens (including phenoxy) is 1. The summed E-state index contributed by atoms with van der Waals surface area (Å²) < 4.78 is 24.1. The van der Waals surface area contributed by atoms with Crippen molar-refractivity contribution in [2.45, 2.75) is 26.5 Å². The quantitative estimate of drug-likeness (QED) is 0.899. The third-order valence-electron chi connectivity index (χ3n) is 2.81. The van der Waals surface area contributed by atoms with E-state index in [1.165, 1.54) is 6.07 Å². The van der Waals surface area contributed by atoms with E-state index in [2.05, 4.69) is 15.5 Å². The molecule has 1 heterocycles. The molecule has 0 radical (unpaired) electrons. The second kappa shape index (κ2) is 5.79. The summed E-state index contributed by atoms with van der Waals surface area (Å²) in [7, 11) is 1.78. The van der Waals surface area contributed by atoms with Gasteiger partial charge in [0.1, 0.15) is 11.6 Å². The molecular formula is C13H16FN3O2. The van der Waals surface area contributed by atoms with Gasteiger partial charge in [0.15, 0.2) is 6.61 Å². The Morgan fingerprint density at radius 1 is 1.47 bits per heavy atom. The molecule has 0 aliphatic carbocycles. The Morgan fingerprint density at radius 3 is 2.84 bits per heavy atom. The summed E-state index contributed by atoms with van der Waals surface area (Å²) in [5.41, 5.74) is 0.602. The molecule has 5 nitrogen and oxygen atoms in total. The van der Waals surface area contributed by atoms with Crippen LogP contribution in [0.5, 0.6) is 5.75 Å². The van der Waals surface area contributed by atoms with Crippen LogP contribution in [0.4, 0.5) is 4.39 Å². The summed E-state index contributed by atoms with van der Waals surface area (Å²) in [6.07, 6.45) is 0. The second-order valence-electron chi connectivity index (χ2n) is 4.21. The molecule has 0 saturated carbocycles. The van der Waals surface area contributed by atoms with Gasteiger partial charge in [-0.05, 0) is 20.0 Å². The maximum atomic E-state index is 13.8. The Balaban J connectivity index is 2.04. The summed E-state index contributed by atoms with van der Waals surface area (Å²) >= 11 is 0. The first-order valence-corrected chi connectivity index (χ1v) is 5.99. The van der Waals surface area contributed by atoms with Gasteiger partial charge in [-0.15, -0.1) is 0 Å². The third-order valence-corrected chi connectivity index (χ3v) is 2.81. The summed E-state index contributed by atoms with van der Waals surface area (Å²) in [6.45, 7) is 3.74. The molecule has 0 bridgehead atoms. The summed E-state index contributed by atoms with van der Waals surface area (Å²) in [6, 6.07) is 4.73. The minimum Gasteiger partial charge on any atom is -0.485 e. The number of hydrogen-bond acceptors (Lipinski definition) is 5. The first kappa shape index (κ1) is 13.5. The fourth-order valence-corrected chi connectivity index (χ4v) is 1.65. The van der Waals surface area contributed by atoms with Crippen LogP contribution in [0.15, 0.2) is 22.7 Å². The number of rotatable bonds is 5. The van der Waals surface area contributed by atoms with Gasteiger partial charge in [-0.25, -0.2) is 4.39 Å². The van der Waals surface area contributed by atoms with Crippen molar-refractivity contribution in [3.05, 3.63) is 41.3 Å². The normalized spacial score (nSPS) is 12.4. The number of halogens is 1. The molecule has 2 rings (SSSR count). The van der Waals surface area contributed by atoms with Crippen molar-refractivity contribution in [2.75, 3.05) is 7.05 Å². The average molecular weight is 265 g/mol. The topological polar surface area (TPSA) is 60.2 Å². The van der Waals surface area contributed by atoms with Crippen molar-refractivity contribution in [1.29, 1.82) is 0 Å². The van der Waals surface area contributed by atoms with E-state index in [9.17, 15) is 4.39 Å². The smallest absolute Gasteiger partial charge is 0.223 e. The highest BCUT2D eigenvalue weighted by molar-refractivity contribution is 5.30. The van der Waals surface area contributed by atoms with Crippen molar-refractivity contribution in [1.82, 2.24) is 15.5 Å². The molecule has 1 atom stereocenters. The van der Waals surface area contributed by atoms with E-state index in [0.29, 0.717) is 23.0 Å². The van der Waals surface area contributed by atoms with Gasteiger partial charge in [0, 0.05) is 24.6 Å². The van der Waals surface area contributed by atoms with Crippen LogP contribution < -0.4 is 10.1 Å². The second-order valence-corrected chi connectivity index (χ2v) is 4.21. The molecule has 0 saturated heterocycles. The van der Waals surface area contributed by atoms with Crippen molar-refractivity contribution >= 4 is 0 Å². The van der Waals surface area contributed by atoms with E-state index in [1.807, 2.05) is 6.92 Å². The molecule has 19 heavy (non-hydrogen) atoms. The summed E-state index contributed by atoms with van der Waals surface area (Å²) in [5, 5.41) is 6.69. The minimum atomic E-state index is -0.302. The molecule has 2 aromatic rings. The highest BCUT2D eigenvalue weighted by Crippen LogP contribution is 2.22. The standard InChI is InChI=1S/C13H16FN3O2/c1-8(15-3)11-5-4-10(6-12(11)14)18-7-13-16-9(2)19-17-13/h4-6,8,15H,7H2,1-3H3. The molecule has 1 aromatic heterocycles. The van der Waals surface area contributed by atoms with Crippen LogP contribution in [0.3, 0.4) is 0 Å². The van der Waals surface area contributed by atoms with Crippen LogP contribution in [-0.4, -0.2) is 17.2 Å². The fourth-order valence-electron chi connectivity index (χ4n) is 1.65. The van der Waals surface area contributed by atoms with E-state index >= 15 is 0 Å². The van der Waals surface area contributed by atoms with Crippen LogP contribution in [0.2, 0.25) is 0 Å². The van der Waals surface area contributed by atoms with Crippen molar-refractivity contribution in [3.63, 3.8) is 0 Å². The van der Waals surface area contributed by atoms with Crippen LogP contribution in [-0.2, 0) is 6.61 Å². The van der Waals surface area contributed by atoms with Crippen molar-refractivity contribution in [2.24, 2.45) is 0 Å². The third kappa shape index (κ3) is 3.29. The molecule has 0 amide bonds. The number of aromatic nitrogens is 2. The molecule has 1 N–H and O–H groups in total. The molecule has 102 valence electrons. The van der Waals surface area contributed by atoms with E-state index in [4.69, 9.17) is 9.26 Å². The Hall–Kier alpha value is -1.95. The SMILES string of the molecule is CNC(C)c1ccc(OCc2noc(C)n2)cc1F. The van der Waals surface area contributed by atoms with Gasteiger partial charge < -0.3 is 14.6 Å². The molecule has 1 aromatic carbocycles. The van der Waals surface area contributed by atoms with Gasteiger partial charge in [-0.3, -0.25) is 0 Å². The number of nitrogens with zero attached hydrogens (tertiary/aromatic N) is 2. The number of hydrogen-bond donors (Lipinski definition) is 1. The van der Waals surface area contributed by atoms with Gasteiger partial charge in [-0.1, -0.05) is 11.2 Å². The Morgan fingerprint density at radius 2 is 2.26 bits per heavy atom. The Kier molecular flexibility index (Phi) is 4.11. The van der Waals surface area contributed by atoms with E-state index in [0.717, 1.165) is 0 Å². The molecule has 0 fully saturated rings. The number of nitrogens with one attached hydrogen (secondary N) is 1. The average Bonchev–Trinajstić information content (AvgIpc) is 2.81. The molecule has 0 aliphatic rings. The zero-order valence-electron chi connectivity index (χ0n) is 11.1. The Labute approximate surface area is 110 Å². The van der Waals surface area contributed by atoms with Gasteiger partial charge in [-0.2, -0.15) is 4.98 Å². The lowest BCUT2D eigenvalue weighted by molar-refractivity contribution is 0.284. The number of aryl methyl sites for hydroxylation is 1. The van der Waals surface area contributed by atoms with E-state index < -0.39 is 0 Å². The lowest BCUT2D eigenvalue weighted by Crippen LogP contribution is -2.13. The van der Waals surface area contributed by atoms with Gasteiger partial charge in [0.05, 0.1) is 0 Å². The maximum absolute atomic E-state index is 13.8. The van der Waals surface area contributed by atoms with Gasteiger partial charge in [0.25, 0.3) is 0 Å². The molecule has 6 heteroatoms. The first-order valence-electron chi connectivity index (χ1n) is 5.99. The van der Waals surface area contributed by atoms with E-state index in [-0.39, 0.29) is 18.5 Å². The van der Waals surface area contributed by atoms with Crippen LogP contribution >= 0.6 is 0 Å². The largest absolute Gasteiger partial charge is 0.485 e. The summed E-state index contributed by atoms with van der Waals surface area (Å²) in [4.78, 5) is 4.00. The van der Waals surface area contributed by atoms with Crippen molar-refractivity contribution < 1.29 is 13.7 Å². The van der Waals surface area contributed by atoms with E-state index in [1.54, 1.807) is 26.1 Å². The zero-order chi connectivity index (χ0) is 13.8. The lowest BCUT2D eigenvalue weighted by atomic mass is 10.1. The number of benzene rings is 1. The minimum absolute atomic E-state index is 0.0473. The van der Waals surface area contributed by atoms with Crippen LogP contribution in [0.25, 0.3) is 0 Å². The highest BCUT2D eigenvalue weighted by Gasteiger charge is 2.10. The molecular weight excluding hydrogens is 249 g/mol. The molecule has 0 aliphatic heterocycles. The van der Waals surface area contributed by atoms with Crippen molar-refractivity contribution in [3.8, 4) is 5.75 Å². The van der Waals surface area contributed by atoms with Gasteiger partial charge in [0.2, 0.25) is 11.7 Å².